The highest BCUT2D eigenvalue weighted by molar-refractivity contribution is 7.92. The number of sulfonamides is 1. The molecule has 0 aliphatic rings. The van der Waals surface area contributed by atoms with E-state index in [0.29, 0.717) is 4.70 Å². The van der Waals surface area contributed by atoms with Crippen LogP contribution >= 0.6 is 22.9 Å². The molecule has 0 radical (unpaired) electrons. The molecule has 1 aromatic heterocycles. The molecule has 22 heavy (non-hydrogen) atoms. The Morgan fingerprint density at radius 3 is 2.55 bits per heavy atom. The number of halogens is 2. The van der Waals surface area contributed by atoms with Gasteiger partial charge in [0, 0.05) is 0 Å². The molecular formula is C13H7ClFNO4S2. The minimum atomic E-state index is -3.89. The van der Waals surface area contributed by atoms with Crippen LogP contribution in [0, 0.1) is 5.82 Å². The van der Waals surface area contributed by atoms with Gasteiger partial charge in [0.1, 0.15) is 5.82 Å². The molecule has 114 valence electrons. The van der Waals surface area contributed by atoms with Gasteiger partial charge in [-0.3, -0.25) is 4.72 Å². The third kappa shape index (κ3) is 2.85. The summed E-state index contributed by atoms with van der Waals surface area (Å²) < 4.78 is 44.9. The summed E-state index contributed by atoms with van der Waals surface area (Å²) in [7, 11) is -3.89. The second kappa shape index (κ2) is 5.38. The van der Waals surface area contributed by atoms with Gasteiger partial charge in [0.15, 0.2) is 5.58 Å². The maximum atomic E-state index is 12.9. The van der Waals surface area contributed by atoms with E-state index in [2.05, 4.69) is 4.72 Å². The van der Waals surface area contributed by atoms with Crippen LogP contribution in [0.5, 0.6) is 0 Å². The molecule has 1 heterocycles. The molecule has 0 amide bonds. The zero-order chi connectivity index (χ0) is 15.9. The lowest BCUT2D eigenvalue weighted by molar-refractivity contribution is 0.585. The summed E-state index contributed by atoms with van der Waals surface area (Å²) in [5.74, 6) is -0.536. The molecule has 0 saturated heterocycles. The first-order valence-corrected chi connectivity index (χ1v) is 8.54. The molecule has 3 aromatic rings. The van der Waals surface area contributed by atoms with Gasteiger partial charge in [-0.15, -0.1) is 0 Å². The Morgan fingerprint density at radius 1 is 1.18 bits per heavy atom. The second-order valence-corrected chi connectivity index (χ2v) is 7.37. The molecule has 9 heteroatoms. The molecule has 0 unspecified atom stereocenters. The summed E-state index contributed by atoms with van der Waals surface area (Å²) in [6, 6.07) is 7.17. The molecule has 3 rings (SSSR count). The van der Waals surface area contributed by atoms with Crippen LogP contribution in [-0.2, 0) is 10.0 Å². The van der Waals surface area contributed by atoms with Crippen LogP contribution in [0.1, 0.15) is 0 Å². The van der Waals surface area contributed by atoms with Crippen LogP contribution in [-0.4, -0.2) is 8.42 Å². The van der Waals surface area contributed by atoms with E-state index < -0.39 is 20.8 Å². The lowest BCUT2D eigenvalue weighted by atomic mass is 10.3. The van der Waals surface area contributed by atoms with Gasteiger partial charge in [0.25, 0.3) is 10.0 Å². The largest absolute Gasteiger partial charge is 0.412 e. The van der Waals surface area contributed by atoms with Crippen molar-refractivity contribution in [3.63, 3.8) is 0 Å². The number of fused-ring (bicyclic) bond motifs is 1. The van der Waals surface area contributed by atoms with E-state index in [-0.39, 0.29) is 21.2 Å². The van der Waals surface area contributed by atoms with E-state index in [1.165, 1.54) is 12.1 Å². The lowest BCUT2D eigenvalue weighted by Gasteiger charge is -2.08. The van der Waals surface area contributed by atoms with Crippen LogP contribution in [0.2, 0.25) is 5.02 Å². The van der Waals surface area contributed by atoms with Gasteiger partial charge in [-0.05, 0) is 36.4 Å². The van der Waals surface area contributed by atoms with E-state index in [4.69, 9.17) is 16.0 Å². The predicted octanol–water partition coefficient (Wildman–Crippen LogP) is 3.45. The molecule has 5 nitrogen and oxygen atoms in total. The topological polar surface area (TPSA) is 76.4 Å². The minimum Gasteiger partial charge on any atom is -0.412 e. The van der Waals surface area contributed by atoms with Crippen LogP contribution in [0.15, 0.2) is 50.5 Å². The average Bonchev–Trinajstić information content (AvgIpc) is 2.80. The first-order chi connectivity index (χ1) is 10.3. The zero-order valence-electron chi connectivity index (χ0n) is 10.7. The van der Waals surface area contributed by atoms with E-state index in [9.17, 15) is 17.6 Å². The number of hydrogen-bond donors (Lipinski definition) is 1. The molecule has 0 atom stereocenters. The van der Waals surface area contributed by atoms with Crippen molar-refractivity contribution in [2.45, 2.75) is 4.90 Å². The Morgan fingerprint density at radius 2 is 1.86 bits per heavy atom. The molecule has 0 saturated carbocycles. The Bertz CT molecular complexity index is 1010. The molecule has 2 aromatic carbocycles. The highest BCUT2D eigenvalue weighted by Crippen LogP contribution is 2.30. The minimum absolute atomic E-state index is 0.0921. The van der Waals surface area contributed by atoms with Gasteiger partial charge in [-0.2, -0.15) is 0 Å². The number of hydrogen-bond acceptors (Lipinski definition) is 5. The molecule has 0 aliphatic heterocycles. The molecule has 0 aliphatic carbocycles. The first-order valence-electron chi connectivity index (χ1n) is 5.87. The van der Waals surface area contributed by atoms with Crippen LogP contribution in [0.3, 0.4) is 0 Å². The fourth-order valence-corrected chi connectivity index (χ4v) is 3.91. The maximum Gasteiger partial charge on any atom is 0.396 e. The van der Waals surface area contributed by atoms with Gasteiger partial charge in [-0.25, -0.2) is 17.6 Å². The van der Waals surface area contributed by atoms with Gasteiger partial charge in [0.2, 0.25) is 0 Å². The third-order valence-corrected chi connectivity index (χ3v) is 5.22. The quantitative estimate of drug-likeness (QED) is 0.777. The summed E-state index contributed by atoms with van der Waals surface area (Å²) in [6.07, 6.45) is 0. The third-order valence-electron chi connectivity index (χ3n) is 2.76. The average molecular weight is 360 g/mol. The van der Waals surface area contributed by atoms with Gasteiger partial charge in [-0.1, -0.05) is 22.9 Å². The van der Waals surface area contributed by atoms with E-state index in [1.807, 2.05) is 0 Å². The highest BCUT2D eigenvalue weighted by Gasteiger charge is 2.16. The van der Waals surface area contributed by atoms with Gasteiger partial charge in [0.05, 0.1) is 20.3 Å². The van der Waals surface area contributed by atoms with Gasteiger partial charge >= 0.3 is 4.94 Å². The lowest BCUT2D eigenvalue weighted by Crippen LogP contribution is -2.12. The van der Waals surface area contributed by atoms with Crippen molar-refractivity contribution in [2.75, 3.05) is 4.72 Å². The Kier molecular flexibility index (Phi) is 3.67. The summed E-state index contributed by atoms with van der Waals surface area (Å²) in [5, 5.41) is 0.118. The van der Waals surface area contributed by atoms with Crippen molar-refractivity contribution in [3.8, 4) is 0 Å². The van der Waals surface area contributed by atoms with Crippen molar-refractivity contribution in [3.05, 3.63) is 57.0 Å². The van der Waals surface area contributed by atoms with E-state index >= 15 is 0 Å². The first kappa shape index (κ1) is 15.0. The monoisotopic (exact) mass is 359 g/mol. The molecule has 0 spiro atoms. The summed E-state index contributed by atoms with van der Waals surface area (Å²) in [5.41, 5.74) is 0.389. The number of nitrogens with one attached hydrogen (secondary N) is 1. The zero-order valence-corrected chi connectivity index (χ0v) is 13.1. The fraction of sp³-hybridized carbons (Fsp3) is 0. The van der Waals surface area contributed by atoms with Crippen molar-refractivity contribution in [1.82, 2.24) is 0 Å². The molecule has 1 N–H and O–H groups in total. The van der Waals surface area contributed by atoms with E-state index in [0.717, 1.165) is 35.6 Å². The van der Waals surface area contributed by atoms with Crippen LogP contribution < -0.4 is 9.66 Å². The van der Waals surface area contributed by atoms with Crippen molar-refractivity contribution in [1.29, 1.82) is 0 Å². The molecule has 0 bridgehead atoms. The Balaban J connectivity index is 2.01. The standard InChI is InChI=1S/C13H7ClFNO4S2/c14-10-5-8(6-11-12(10)20-13(17)21-11)16-22(18,19)9-3-1-7(15)2-4-9/h1-6,16H. The second-order valence-electron chi connectivity index (χ2n) is 4.30. The summed E-state index contributed by atoms with van der Waals surface area (Å²) in [6.45, 7) is 0. The summed E-state index contributed by atoms with van der Waals surface area (Å²) in [4.78, 5) is 10.6. The maximum absolute atomic E-state index is 12.9. The van der Waals surface area contributed by atoms with E-state index in [1.54, 1.807) is 0 Å². The Hall–Kier alpha value is -1.90. The predicted molar refractivity (Wildman–Crippen MR) is 82.6 cm³/mol. The smallest absolute Gasteiger partial charge is 0.396 e. The molecular weight excluding hydrogens is 353 g/mol. The number of rotatable bonds is 3. The van der Waals surface area contributed by atoms with Crippen LogP contribution in [0.4, 0.5) is 10.1 Å². The number of benzene rings is 2. The SMILES string of the molecule is O=c1oc2c(Cl)cc(NS(=O)(=O)c3ccc(F)cc3)cc2s1. The highest BCUT2D eigenvalue weighted by atomic mass is 35.5. The van der Waals surface area contributed by atoms with Crippen molar-refractivity contribution in [2.24, 2.45) is 0 Å². The molecule has 0 fully saturated rings. The van der Waals surface area contributed by atoms with Crippen molar-refractivity contribution < 1.29 is 17.2 Å². The Labute approximate surface area is 133 Å². The van der Waals surface area contributed by atoms with Crippen molar-refractivity contribution >= 4 is 48.9 Å². The normalized spacial score (nSPS) is 11.7. The number of anilines is 1. The van der Waals surface area contributed by atoms with Gasteiger partial charge < -0.3 is 4.42 Å². The summed E-state index contributed by atoms with van der Waals surface area (Å²) >= 11 is 6.77. The van der Waals surface area contributed by atoms with Crippen LogP contribution in [0.25, 0.3) is 10.3 Å². The fourth-order valence-electron chi connectivity index (χ4n) is 1.82.